The molecular formula is C22H22O13. The summed E-state index contributed by atoms with van der Waals surface area (Å²) in [5.41, 5.74) is -1.28. The first-order chi connectivity index (χ1) is 16.6. The third kappa shape index (κ3) is 4.05. The van der Waals surface area contributed by atoms with Crippen molar-refractivity contribution in [2.24, 2.45) is 0 Å². The zero-order valence-electron chi connectivity index (χ0n) is 18.0. The van der Waals surface area contributed by atoms with E-state index in [9.17, 15) is 45.6 Å². The maximum atomic E-state index is 12.6. The number of hydrogen-bond donors (Lipinski definition) is 8. The third-order valence-electron chi connectivity index (χ3n) is 5.60. The van der Waals surface area contributed by atoms with Crippen molar-refractivity contribution in [3.63, 3.8) is 0 Å². The summed E-state index contributed by atoms with van der Waals surface area (Å²) in [5.74, 6) is -3.85. The molecule has 1 aliphatic heterocycles. The van der Waals surface area contributed by atoms with Crippen molar-refractivity contribution >= 4 is 11.0 Å². The number of aromatic hydroxyl groups is 4. The van der Waals surface area contributed by atoms with Crippen LogP contribution in [0, 0.1) is 0 Å². The molecule has 35 heavy (non-hydrogen) atoms. The van der Waals surface area contributed by atoms with Crippen molar-refractivity contribution in [1.82, 2.24) is 0 Å². The molecule has 2 aromatic carbocycles. The summed E-state index contributed by atoms with van der Waals surface area (Å²) in [6.07, 6.45) is -7.78. The van der Waals surface area contributed by atoms with Gasteiger partial charge in [0.25, 0.3) is 0 Å². The Morgan fingerprint density at radius 1 is 0.914 bits per heavy atom. The van der Waals surface area contributed by atoms with Gasteiger partial charge in [-0.3, -0.25) is 4.79 Å². The first-order valence-corrected chi connectivity index (χ1v) is 10.2. The van der Waals surface area contributed by atoms with Gasteiger partial charge in [-0.15, -0.1) is 0 Å². The summed E-state index contributed by atoms with van der Waals surface area (Å²) in [7, 11) is 1.21. The van der Waals surface area contributed by atoms with Gasteiger partial charge in [0.1, 0.15) is 35.4 Å². The number of phenolic OH excluding ortho intramolecular Hbond substituents is 3. The van der Waals surface area contributed by atoms with Crippen LogP contribution in [0.25, 0.3) is 22.3 Å². The van der Waals surface area contributed by atoms with Gasteiger partial charge in [0.2, 0.25) is 23.2 Å². The minimum Gasteiger partial charge on any atom is -0.504 e. The fraction of sp³-hybridized carbons (Fsp3) is 0.318. The van der Waals surface area contributed by atoms with E-state index in [0.29, 0.717) is 0 Å². The van der Waals surface area contributed by atoms with Crippen molar-refractivity contribution in [1.29, 1.82) is 0 Å². The first-order valence-electron chi connectivity index (χ1n) is 10.2. The van der Waals surface area contributed by atoms with Gasteiger partial charge in [-0.2, -0.15) is 0 Å². The number of phenols is 3. The molecular weight excluding hydrogens is 472 g/mol. The van der Waals surface area contributed by atoms with Gasteiger partial charge in [-0.25, -0.2) is 0 Å². The van der Waals surface area contributed by atoms with Crippen molar-refractivity contribution < 1.29 is 59.5 Å². The molecule has 0 aliphatic carbocycles. The molecule has 1 fully saturated rings. The topological polar surface area (TPSA) is 220 Å². The van der Waals surface area contributed by atoms with E-state index >= 15 is 0 Å². The van der Waals surface area contributed by atoms with Crippen LogP contribution in [0.15, 0.2) is 33.5 Å². The highest BCUT2D eigenvalue weighted by Crippen LogP contribution is 2.43. The highest BCUT2D eigenvalue weighted by molar-refractivity contribution is 5.91. The Morgan fingerprint density at radius 3 is 2.26 bits per heavy atom. The van der Waals surface area contributed by atoms with Crippen LogP contribution < -0.4 is 14.9 Å². The number of methoxy groups -OCH3 is 1. The average Bonchev–Trinajstić information content (AvgIpc) is 2.84. The van der Waals surface area contributed by atoms with E-state index in [0.717, 1.165) is 12.1 Å². The van der Waals surface area contributed by atoms with Crippen molar-refractivity contribution in [3.8, 4) is 45.8 Å². The minimum atomic E-state index is -1.71. The van der Waals surface area contributed by atoms with Crippen LogP contribution in [-0.2, 0) is 4.74 Å². The van der Waals surface area contributed by atoms with Gasteiger partial charge >= 0.3 is 0 Å². The molecule has 1 aromatic heterocycles. The minimum absolute atomic E-state index is 0.00619. The number of ether oxygens (including phenoxy) is 3. The number of aliphatic hydroxyl groups is 4. The van der Waals surface area contributed by atoms with E-state index in [1.807, 2.05) is 0 Å². The van der Waals surface area contributed by atoms with Crippen LogP contribution in [0.1, 0.15) is 0 Å². The van der Waals surface area contributed by atoms with E-state index in [2.05, 4.69) is 0 Å². The summed E-state index contributed by atoms with van der Waals surface area (Å²) in [6, 6.07) is 4.65. The lowest BCUT2D eigenvalue weighted by Gasteiger charge is -2.39. The number of hydrogen-bond acceptors (Lipinski definition) is 13. The Kier molecular flexibility index (Phi) is 6.36. The van der Waals surface area contributed by atoms with Gasteiger partial charge < -0.3 is 59.5 Å². The number of benzene rings is 2. The maximum absolute atomic E-state index is 12.6. The summed E-state index contributed by atoms with van der Waals surface area (Å²) < 4.78 is 21.1. The highest BCUT2D eigenvalue weighted by atomic mass is 16.7. The number of fused-ring (bicyclic) bond motifs is 1. The Bertz CT molecular complexity index is 1320. The molecule has 3 aromatic rings. The van der Waals surface area contributed by atoms with Crippen molar-refractivity contribution in [3.05, 3.63) is 34.5 Å². The van der Waals surface area contributed by atoms with E-state index in [1.165, 1.54) is 19.2 Å². The molecule has 4 rings (SSSR count). The SMILES string of the molecule is COc1cc2oc(-c3ccc(O[C@@H]4O[C@H](CO)[C@@H](O)[C@H](O)[C@H]4O)c(O)c3)c(O)c(=O)c2c(O)c1O. The molecule has 5 atom stereocenters. The highest BCUT2D eigenvalue weighted by Gasteiger charge is 2.45. The molecule has 0 unspecified atom stereocenters. The summed E-state index contributed by atoms with van der Waals surface area (Å²) >= 11 is 0. The molecule has 0 spiro atoms. The Labute approximate surface area is 195 Å². The second kappa shape index (κ2) is 9.13. The van der Waals surface area contributed by atoms with Crippen LogP contribution in [0.4, 0.5) is 0 Å². The van der Waals surface area contributed by atoms with Gasteiger partial charge in [0.05, 0.1) is 13.7 Å². The number of rotatable bonds is 5. The predicted molar refractivity (Wildman–Crippen MR) is 116 cm³/mol. The smallest absolute Gasteiger partial charge is 0.238 e. The summed E-state index contributed by atoms with van der Waals surface area (Å²) in [6.45, 7) is -0.673. The molecule has 0 radical (unpaired) electrons. The van der Waals surface area contributed by atoms with Crippen LogP contribution in [0.3, 0.4) is 0 Å². The fourth-order valence-corrected chi connectivity index (χ4v) is 3.69. The van der Waals surface area contributed by atoms with Crippen LogP contribution in [0.5, 0.6) is 34.5 Å². The zero-order chi connectivity index (χ0) is 25.6. The number of aliphatic hydroxyl groups excluding tert-OH is 4. The van der Waals surface area contributed by atoms with E-state index in [1.54, 1.807) is 0 Å². The average molecular weight is 494 g/mol. The maximum Gasteiger partial charge on any atom is 0.238 e. The Balaban J connectivity index is 1.71. The second-order valence-corrected chi connectivity index (χ2v) is 7.76. The zero-order valence-corrected chi connectivity index (χ0v) is 18.0. The lowest BCUT2D eigenvalue weighted by atomic mass is 9.99. The monoisotopic (exact) mass is 494 g/mol. The molecule has 1 aliphatic rings. The summed E-state index contributed by atoms with van der Waals surface area (Å²) in [5, 5.41) is 79.5. The summed E-state index contributed by atoms with van der Waals surface area (Å²) in [4.78, 5) is 12.6. The molecule has 1 saturated heterocycles. The van der Waals surface area contributed by atoms with Crippen molar-refractivity contribution in [2.45, 2.75) is 30.7 Å². The molecule has 0 saturated carbocycles. The van der Waals surface area contributed by atoms with E-state index in [-0.39, 0.29) is 28.4 Å². The molecule has 0 bridgehead atoms. The van der Waals surface area contributed by atoms with Gasteiger partial charge in [0.15, 0.2) is 28.8 Å². The first kappa shape index (κ1) is 24.4. The van der Waals surface area contributed by atoms with Gasteiger partial charge in [-0.05, 0) is 18.2 Å². The van der Waals surface area contributed by atoms with E-state index in [4.69, 9.17) is 18.6 Å². The van der Waals surface area contributed by atoms with Crippen LogP contribution in [-0.4, -0.2) is 85.3 Å². The lowest BCUT2D eigenvalue weighted by molar-refractivity contribution is -0.277. The molecule has 13 heteroatoms. The Morgan fingerprint density at radius 2 is 1.63 bits per heavy atom. The molecule has 188 valence electrons. The van der Waals surface area contributed by atoms with Crippen LogP contribution in [0.2, 0.25) is 0 Å². The fourth-order valence-electron chi connectivity index (χ4n) is 3.69. The van der Waals surface area contributed by atoms with Gasteiger partial charge in [-0.1, -0.05) is 0 Å². The molecule has 13 nitrogen and oxygen atoms in total. The predicted octanol–water partition coefficient (Wildman–Crippen LogP) is -0.530. The quantitative estimate of drug-likeness (QED) is 0.209. The van der Waals surface area contributed by atoms with Gasteiger partial charge in [0, 0.05) is 11.6 Å². The molecule has 8 N–H and O–H groups in total. The second-order valence-electron chi connectivity index (χ2n) is 7.76. The lowest BCUT2D eigenvalue weighted by Crippen LogP contribution is -2.60. The van der Waals surface area contributed by atoms with Crippen molar-refractivity contribution in [2.75, 3.05) is 13.7 Å². The van der Waals surface area contributed by atoms with Crippen LogP contribution >= 0.6 is 0 Å². The normalized spacial score (nSPS) is 24.4. The largest absolute Gasteiger partial charge is 0.504 e. The van der Waals surface area contributed by atoms with E-state index < -0.39 is 71.1 Å². The molecule has 0 amide bonds. The third-order valence-corrected chi connectivity index (χ3v) is 5.60. The molecule has 2 heterocycles. The standard InChI is InChI=1S/C22H22O13/c1-32-11-5-10-13(16(27)14(11)25)17(28)19(30)21(33-10)7-2-3-9(8(24)4-7)34-22-20(31)18(29)15(26)12(6-23)35-22/h2-5,12,15,18,20,22-27,29-31H,6H2,1H3/t12-,15-,18+,20-,22-/m1/s1. The Hall–Kier alpha value is -3.75.